The second-order valence-electron chi connectivity index (χ2n) is 9.63. The number of benzene rings is 1. The molecule has 0 spiro atoms. The number of hydrogen-bond acceptors (Lipinski definition) is 6. The van der Waals surface area contributed by atoms with Crippen LogP contribution in [0.3, 0.4) is 0 Å². The maximum Gasteiger partial charge on any atom is 0.268 e. The lowest BCUT2D eigenvalue weighted by molar-refractivity contribution is -0.127. The van der Waals surface area contributed by atoms with E-state index in [1.165, 1.54) is 53.4 Å². The van der Waals surface area contributed by atoms with Crippen LogP contribution in [0.25, 0.3) is 10.9 Å². The van der Waals surface area contributed by atoms with Crippen LogP contribution in [0.4, 0.5) is 0 Å². The van der Waals surface area contributed by atoms with Gasteiger partial charge in [-0.3, -0.25) is 14.4 Å². The van der Waals surface area contributed by atoms with Crippen LogP contribution in [0, 0.1) is 11.8 Å². The van der Waals surface area contributed by atoms with Gasteiger partial charge in [-0.2, -0.15) is 0 Å². The molecule has 3 amide bonds. The molecule has 0 bridgehead atoms. The first-order valence-corrected chi connectivity index (χ1v) is 13.3. The molecule has 1 heterocycles. The monoisotopic (exact) mass is 530 g/mol. The topological polar surface area (TPSA) is 139 Å². The van der Waals surface area contributed by atoms with Crippen molar-refractivity contribution in [1.29, 1.82) is 0 Å². The van der Waals surface area contributed by atoms with E-state index < -0.39 is 23.8 Å². The molecule has 3 rings (SSSR count). The van der Waals surface area contributed by atoms with Gasteiger partial charge >= 0.3 is 0 Å². The van der Waals surface area contributed by atoms with Crippen LogP contribution in [-0.4, -0.2) is 62.8 Å². The van der Waals surface area contributed by atoms with E-state index >= 15 is 0 Å². The first-order chi connectivity index (χ1) is 18.3. The molecular formula is C28H42N4O6. The minimum Gasteiger partial charge on any atom is -0.496 e. The normalized spacial score (nSPS) is 14.9. The summed E-state index contributed by atoms with van der Waals surface area (Å²) in [5, 5.41) is 8.24. The average Bonchev–Trinajstić information content (AvgIpc) is 3.39. The second-order valence-corrected chi connectivity index (χ2v) is 9.63. The number of nitrogens with one attached hydrogen (secondary N) is 4. The summed E-state index contributed by atoms with van der Waals surface area (Å²) in [5.41, 5.74) is 0.820. The van der Waals surface area contributed by atoms with Gasteiger partial charge in [0.05, 0.1) is 32.3 Å². The van der Waals surface area contributed by atoms with Crippen LogP contribution in [-0.2, 0) is 14.4 Å². The number of carbonyl (C=O) groups excluding carboxylic acids is 4. The van der Waals surface area contributed by atoms with Crippen molar-refractivity contribution in [3.8, 4) is 11.5 Å². The van der Waals surface area contributed by atoms with E-state index in [2.05, 4.69) is 27.9 Å². The van der Waals surface area contributed by atoms with Crippen LogP contribution in [0.5, 0.6) is 11.5 Å². The molecule has 10 heteroatoms. The summed E-state index contributed by atoms with van der Waals surface area (Å²) in [4.78, 5) is 50.8. The molecule has 0 saturated heterocycles. The predicted molar refractivity (Wildman–Crippen MR) is 146 cm³/mol. The molecule has 1 aliphatic rings. The number of aromatic nitrogens is 1. The largest absolute Gasteiger partial charge is 0.496 e. The van der Waals surface area contributed by atoms with Crippen LogP contribution >= 0.6 is 0 Å². The minimum atomic E-state index is -0.826. The molecule has 0 radical (unpaired) electrons. The molecule has 4 N–H and O–H groups in total. The average molecular weight is 531 g/mol. The Bertz CT molecular complexity index is 1040. The highest BCUT2D eigenvalue weighted by molar-refractivity contribution is 6.02. The molecule has 38 heavy (non-hydrogen) atoms. The molecule has 2 aromatic rings. The van der Waals surface area contributed by atoms with E-state index in [1.807, 2.05) is 6.92 Å². The number of H-pyrrole nitrogens is 1. The summed E-state index contributed by atoms with van der Waals surface area (Å²) in [6.45, 7) is 3.86. The zero-order chi connectivity index (χ0) is 28.1. The molecule has 1 fully saturated rings. The second kappa shape index (κ2) is 15.6. The van der Waals surface area contributed by atoms with Crippen molar-refractivity contribution in [2.75, 3.05) is 27.8 Å². The Hall–Kier alpha value is -3.56. The third-order valence-corrected chi connectivity index (χ3v) is 6.86. The van der Waals surface area contributed by atoms with Crippen LogP contribution in [0.2, 0.25) is 0 Å². The van der Waals surface area contributed by atoms with Crippen molar-refractivity contribution in [2.45, 2.75) is 64.8 Å². The van der Waals surface area contributed by atoms with Crippen LogP contribution in [0.1, 0.15) is 69.3 Å². The van der Waals surface area contributed by atoms with Crippen molar-refractivity contribution in [2.24, 2.45) is 11.8 Å². The van der Waals surface area contributed by atoms with Crippen molar-refractivity contribution >= 4 is 34.9 Å². The molecular weight excluding hydrogens is 488 g/mol. The molecule has 1 aromatic carbocycles. The van der Waals surface area contributed by atoms with Gasteiger partial charge in [0.15, 0.2) is 0 Å². The highest BCUT2D eigenvalue weighted by Gasteiger charge is 2.22. The summed E-state index contributed by atoms with van der Waals surface area (Å²) >= 11 is 0. The maximum atomic E-state index is 12.5. The van der Waals surface area contributed by atoms with E-state index in [0.717, 1.165) is 5.92 Å². The van der Waals surface area contributed by atoms with Gasteiger partial charge in [-0.15, -0.1) is 0 Å². The quantitative estimate of drug-likeness (QED) is 0.329. The van der Waals surface area contributed by atoms with E-state index in [9.17, 15) is 19.2 Å². The number of carbonyl (C=O) groups is 4. The maximum absolute atomic E-state index is 12.5. The van der Waals surface area contributed by atoms with Gasteiger partial charge in [-0.1, -0.05) is 46.0 Å². The fourth-order valence-electron chi connectivity index (χ4n) is 4.58. The Balaban J connectivity index is 0.000000624. The third-order valence-electron chi connectivity index (χ3n) is 6.86. The van der Waals surface area contributed by atoms with Crippen LogP contribution in [0.15, 0.2) is 18.2 Å². The van der Waals surface area contributed by atoms with Crippen molar-refractivity contribution in [1.82, 2.24) is 20.9 Å². The van der Waals surface area contributed by atoms with Crippen molar-refractivity contribution in [3.05, 3.63) is 23.9 Å². The van der Waals surface area contributed by atoms with Gasteiger partial charge in [0, 0.05) is 18.4 Å². The highest BCUT2D eigenvalue weighted by Crippen LogP contribution is 2.33. The molecule has 0 aliphatic heterocycles. The number of ether oxygens (including phenoxy) is 2. The molecule has 1 saturated carbocycles. The molecule has 1 aliphatic carbocycles. The Morgan fingerprint density at radius 2 is 1.76 bits per heavy atom. The SMILES string of the molecule is CC1CCCCC1.CCC(CC(C=O)NC(=O)CNC(=O)c1cc2c(OC)ccc(OC)c2[nH]1)C(=O)NC. The number of rotatable bonds is 11. The Morgan fingerprint density at radius 1 is 1.11 bits per heavy atom. The lowest BCUT2D eigenvalue weighted by Gasteiger charge is -2.18. The van der Waals surface area contributed by atoms with Gasteiger partial charge in [-0.05, 0) is 37.0 Å². The molecule has 2 atom stereocenters. The van der Waals surface area contributed by atoms with Gasteiger partial charge < -0.3 is 35.2 Å². The van der Waals surface area contributed by atoms with E-state index in [0.29, 0.717) is 35.1 Å². The summed E-state index contributed by atoms with van der Waals surface area (Å²) in [6, 6.07) is 4.22. The number of aldehydes is 1. The lowest BCUT2D eigenvalue weighted by atomic mass is 9.91. The minimum absolute atomic E-state index is 0.182. The van der Waals surface area contributed by atoms with Gasteiger partial charge in [0.2, 0.25) is 11.8 Å². The molecule has 2 unspecified atom stereocenters. The lowest BCUT2D eigenvalue weighted by Crippen LogP contribution is -2.44. The van der Waals surface area contributed by atoms with Crippen molar-refractivity contribution < 1.29 is 28.7 Å². The van der Waals surface area contributed by atoms with Gasteiger partial charge in [-0.25, -0.2) is 0 Å². The molecule has 10 nitrogen and oxygen atoms in total. The fourth-order valence-corrected chi connectivity index (χ4v) is 4.58. The Labute approximate surface area is 224 Å². The van der Waals surface area contributed by atoms with E-state index in [4.69, 9.17) is 9.47 Å². The predicted octanol–water partition coefficient (Wildman–Crippen LogP) is 3.35. The zero-order valence-electron chi connectivity index (χ0n) is 23.1. The Morgan fingerprint density at radius 3 is 2.29 bits per heavy atom. The highest BCUT2D eigenvalue weighted by atomic mass is 16.5. The summed E-state index contributed by atoms with van der Waals surface area (Å²) < 4.78 is 10.6. The molecule has 210 valence electrons. The first-order valence-electron chi connectivity index (χ1n) is 13.3. The summed E-state index contributed by atoms with van der Waals surface area (Å²) in [6.07, 6.45) is 8.74. The van der Waals surface area contributed by atoms with Gasteiger partial charge in [0.25, 0.3) is 5.91 Å². The number of aromatic amines is 1. The summed E-state index contributed by atoms with van der Waals surface area (Å²) in [7, 11) is 4.56. The zero-order valence-corrected chi connectivity index (χ0v) is 23.1. The smallest absolute Gasteiger partial charge is 0.268 e. The standard InChI is InChI=1S/C21H28N4O6.C7H14/c1-5-12(20(28)22-2)8-13(11-26)24-18(27)10-23-21(29)15-9-14-16(30-3)6-7-17(31-4)19(14)25-15;1-7-5-3-2-4-6-7/h6-7,9,11-13,25H,5,8,10H2,1-4H3,(H,22,28)(H,23,29)(H,24,27);7H,2-6H2,1H3. The number of hydrogen-bond donors (Lipinski definition) is 4. The van der Waals surface area contributed by atoms with Gasteiger partial charge in [0.1, 0.15) is 23.5 Å². The van der Waals surface area contributed by atoms with E-state index in [1.54, 1.807) is 18.2 Å². The summed E-state index contributed by atoms with van der Waals surface area (Å²) in [5.74, 6) is 0.516. The number of amides is 3. The van der Waals surface area contributed by atoms with Crippen LogP contribution < -0.4 is 25.4 Å². The van der Waals surface area contributed by atoms with E-state index in [-0.39, 0.29) is 24.6 Å². The first kappa shape index (κ1) is 30.7. The third kappa shape index (κ3) is 8.78. The fraction of sp³-hybridized carbons (Fsp3) is 0.571. The molecule has 1 aromatic heterocycles. The Kier molecular flexibility index (Phi) is 12.6. The number of fused-ring (bicyclic) bond motifs is 1. The van der Waals surface area contributed by atoms with Crippen molar-refractivity contribution in [3.63, 3.8) is 0 Å². The number of methoxy groups -OCH3 is 2.